The number of thioether (sulfide) groups is 1. The van der Waals surface area contributed by atoms with Crippen LogP contribution in [-0.2, 0) is 11.0 Å². The third-order valence-corrected chi connectivity index (χ3v) is 7.00. The van der Waals surface area contributed by atoms with E-state index in [1.165, 1.54) is 37.0 Å². The van der Waals surface area contributed by atoms with Gasteiger partial charge in [-0.15, -0.1) is 11.8 Å². The Kier molecular flexibility index (Phi) is 6.72. The van der Waals surface area contributed by atoms with Gasteiger partial charge >= 0.3 is 0 Å². The highest BCUT2D eigenvalue weighted by Gasteiger charge is 2.18. The molecule has 0 amide bonds. The largest absolute Gasteiger partial charge is 0.234 e. The van der Waals surface area contributed by atoms with Crippen LogP contribution in [0.25, 0.3) is 0 Å². The molecule has 0 heterocycles. The summed E-state index contributed by atoms with van der Waals surface area (Å²) in [6.45, 7) is 5.79. The molecule has 1 aromatic rings. The van der Waals surface area contributed by atoms with Crippen LogP contribution in [0.5, 0.6) is 0 Å². The van der Waals surface area contributed by atoms with Gasteiger partial charge in [-0.25, -0.2) is 4.21 Å². The summed E-state index contributed by atoms with van der Waals surface area (Å²) in [7, 11) is -1.21. The normalized spacial score (nSPS) is 18.7. The van der Waals surface area contributed by atoms with Crippen LogP contribution in [0.3, 0.4) is 0 Å². The Morgan fingerprint density at radius 1 is 1.27 bits per heavy atom. The summed E-state index contributed by atoms with van der Waals surface area (Å²) in [6, 6.07) is 6.35. The molecule has 2 rings (SSSR count). The zero-order valence-electron chi connectivity index (χ0n) is 13.5. The molecule has 1 atom stereocenters. The molecule has 1 aliphatic carbocycles. The number of nitrogens with zero attached hydrogens (tertiary/aromatic N) is 1. The molecule has 2 nitrogen and oxygen atoms in total. The lowest BCUT2D eigenvalue weighted by Crippen LogP contribution is -2.19. The van der Waals surface area contributed by atoms with Crippen molar-refractivity contribution < 1.29 is 4.21 Å². The first-order valence-corrected chi connectivity index (χ1v) is 10.6. The number of benzene rings is 1. The first-order valence-electron chi connectivity index (χ1n) is 7.78. The molecule has 0 saturated heterocycles. The van der Waals surface area contributed by atoms with E-state index in [0.717, 1.165) is 15.3 Å². The summed E-state index contributed by atoms with van der Waals surface area (Å²) >= 11 is 5.59. The van der Waals surface area contributed by atoms with Crippen LogP contribution >= 0.6 is 27.7 Å². The van der Waals surface area contributed by atoms with Crippen molar-refractivity contribution in [1.29, 1.82) is 0 Å². The Balaban J connectivity index is 2.03. The second-order valence-electron chi connectivity index (χ2n) is 6.66. The van der Waals surface area contributed by atoms with Crippen LogP contribution in [0.2, 0.25) is 0 Å². The van der Waals surface area contributed by atoms with E-state index in [2.05, 4.69) is 38.5 Å². The summed E-state index contributed by atoms with van der Waals surface area (Å²) in [5.41, 5.74) is 0.977. The van der Waals surface area contributed by atoms with E-state index in [0.29, 0.717) is 0 Å². The SMILES string of the molecule is CC(C)(C)[S@@](=O)N=Cc1ccc(SC2CCCCC2)cc1Br. The van der Waals surface area contributed by atoms with Gasteiger partial charge in [-0.1, -0.05) is 41.3 Å². The Bertz CT molecular complexity index is 560. The summed E-state index contributed by atoms with van der Waals surface area (Å²) in [5.74, 6) is 0. The standard InChI is InChI=1S/C17H24BrNOS2/c1-17(2,3)22(20)19-12-13-9-10-15(11-16(13)18)21-14-7-5-4-6-8-14/h9-12,14H,4-8H2,1-3H3/t22-/m1/s1. The molecule has 1 saturated carbocycles. The minimum atomic E-state index is -1.21. The van der Waals surface area contributed by atoms with Crippen LogP contribution < -0.4 is 0 Å². The highest BCUT2D eigenvalue weighted by Crippen LogP contribution is 2.35. The maximum atomic E-state index is 12.0. The van der Waals surface area contributed by atoms with Gasteiger partial charge in [0.15, 0.2) is 0 Å². The van der Waals surface area contributed by atoms with E-state index in [-0.39, 0.29) is 4.75 Å². The monoisotopic (exact) mass is 401 g/mol. The highest BCUT2D eigenvalue weighted by atomic mass is 79.9. The summed E-state index contributed by atoms with van der Waals surface area (Å²) in [5, 5.41) is 0.758. The number of hydrogen-bond acceptors (Lipinski definition) is 2. The number of hydrogen-bond donors (Lipinski definition) is 0. The summed E-state index contributed by atoms with van der Waals surface area (Å²) < 4.78 is 16.9. The van der Waals surface area contributed by atoms with E-state index in [9.17, 15) is 4.21 Å². The second-order valence-corrected chi connectivity index (χ2v) is 10.8. The zero-order valence-corrected chi connectivity index (χ0v) is 16.7. The zero-order chi connectivity index (χ0) is 16.2. The van der Waals surface area contributed by atoms with Gasteiger partial charge in [0.1, 0.15) is 11.0 Å². The third-order valence-electron chi connectivity index (χ3n) is 3.64. The summed E-state index contributed by atoms with van der Waals surface area (Å²) in [6.07, 6.45) is 8.48. The van der Waals surface area contributed by atoms with Gasteiger partial charge in [-0.2, -0.15) is 4.40 Å². The van der Waals surface area contributed by atoms with Gasteiger partial charge in [0, 0.05) is 26.4 Å². The minimum Gasteiger partial charge on any atom is -0.234 e. The molecule has 5 heteroatoms. The van der Waals surface area contributed by atoms with Gasteiger partial charge in [0.2, 0.25) is 0 Å². The molecule has 22 heavy (non-hydrogen) atoms. The molecular weight excluding hydrogens is 378 g/mol. The van der Waals surface area contributed by atoms with Crippen molar-refractivity contribution in [2.24, 2.45) is 4.40 Å². The molecule has 122 valence electrons. The predicted molar refractivity (Wildman–Crippen MR) is 102 cm³/mol. The molecule has 1 fully saturated rings. The van der Waals surface area contributed by atoms with Crippen LogP contribution in [-0.4, -0.2) is 20.4 Å². The molecular formula is C17H24BrNOS2. The van der Waals surface area contributed by atoms with Crippen molar-refractivity contribution in [3.05, 3.63) is 28.2 Å². The van der Waals surface area contributed by atoms with E-state index in [1.54, 1.807) is 6.21 Å². The second kappa shape index (κ2) is 8.11. The quantitative estimate of drug-likeness (QED) is 0.600. The van der Waals surface area contributed by atoms with Crippen molar-refractivity contribution >= 4 is 44.9 Å². The maximum Gasteiger partial charge on any atom is 0.144 e. The fraction of sp³-hybridized carbons (Fsp3) is 0.588. The van der Waals surface area contributed by atoms with Gasteiger partial charge in [-0.3, -0.25) is 0 Å². The molecule has 1 aliphatic rings. The van der Waals surface area contributed by atoms with Gasteiger partial charge in [0.05, 0.1) is 4.75 Å². The van der Waals surface area contributed by atoms with E-state index >= 15 is 0 Å². The highest BCUT2D eigenvalue weighted by molar-refractivity contribution is 9.10. The van der Waals surface area contributed by atoms with Crippen molar-refractivity contribution in [3.63, 3.8) is 0 Å². The van der Waals surface area contributed by atoms with Crippen LogP contribution in [0.4, 0.5) is 0 Å². The van der Waals surface area contributed by atoms with Gasteiger partial charge < -0.3 is 0 Å². The Morgan fingerprint density at radius 2 is 1.95 bits per heavy atom. The van der Waals surface area contributed by atoms with Crippen molar-refractivity contribution in [2.75, 3.05) is 0 Å². The predicted octanol–water partition coefficient (Wildman–Crippen LogP) is 5.76. The first-order chi connectivity index (χ1) is 10.4. The lowest BCUT2D eigenvalue weighted by atomic mass is 10.0. The molecule has 0 spiro atoms. The maximum absolute atomic E-state index is 12.0. The number of halogens is 1. The Morgan fingerprint density at radius 3 is 2.55 bits per heavy atom. The fourth-order valence-electron chi connectivity index (χ4n) is 2.32. The average molecular weight is 402 g/mol. The molecule has 0 bridgehead atoms. The van der Waals surface area contributed by atoms with Gasteiger partial charge in [-0.05, 0) is 45.7 Å². The van der Waals surface area contributed by atoms with E-state index in [4.69, 9.17) is 0 Å². The van der Waals surface area contributed by atoms with E-state index < -0.39 is 11.0 Å². The van der Waals surface area contributed by atoms with Crippen molar-refractivity contribution in [1.82, 2.24) is 0 Å². The fourth-order valence-corrected chi connectivity index (χ4v) is 4.77. The Labute approximate surface area is 149 Å². The topological polar surface area (TPSA) is 29.4 Å². The first kappa shape index (κ1) is 18.2. The van der Waals surface area contributed by atoms with E-state index in [1.807, 2.05) is 32.5 Å². The van der Waals surface area contributed by atoms with Crippen LogP contribution in [0, 0.1) is 0 Å². The molecule has 1 aromatic carbocycles. The van der Waals surface area contributed by atoms with Gasteiger partial charge in [0.25, 0.3) is 0 Å². The smallest absolute Gasteiger partial charge is 0.144 e. The number of rotatable bonds is 4. The molecule has 0 aromatic heterocycles. The van der Waals surface area contributed by atoms with Crippen LogP contribution in [0.15, 0.2) is 32.0 Å². The van der Waals surface area contributed by atoms with Crippen LogP contribution in [0.1, 0.15) is 58.4 Å². The Hall–Kier alpha value is -0.130. The van der Waals surface area contributed by atoms with Crippen molar-refractivity contribution in [3.8, 4) is 0 Å². The molecule has 0 unspecified atom stereocenters. The molecule has 0 N–H and O–H groups in total. The summed E-state index contributed by atoms with van der Waals surface area (Å²) in [4.78, 5) is 1.30. The molecule has 0 radical (unpaired) electrons. The minimum absolute atomic E-state index is 0.320. The molecule has 0 aliphatic heterocycles. The lowest BCUT2D eigenvalue weighted by Gasteiger charge is -2.21. The average Bonchev–Trinajstić information content (AvgIpc) is 2.46. The van der Waals surface area contributed by atoms with Crippen molar-refractivity contribution in [2.45, 2.75) is 67.8 Å². The lowest BCUT2D eigenvalue weighted by molar-refractivity contribution is 0.516. The third kappa shape index (κ3) is 5.50.